The summed E-state index contributed by atoms with van der Waals surface area (Å²) in [5, 5.41) is 1.99. The van der Waals surface area contributed by atoms with Crippen LogP contribution in [-0.4, -0.2) is 85.3 Å². The van der Waals surface area contributed by atoms with E-state index in [0.29, 0.717) is 6.42 Å². The minimum Gasteiger partial charge on any atom is -0.378 e. The number of hydrogen-bond donors (Lipinski definition) is 1. The van der Waals surface area contributed by atoms with Crippen molar-refractivity contribution >= 4 is 23.2 Å². The van der Waals surface area contributed by atoms with Crippen LogP contribution in [0.5, 0.6) is 0 Å². The lowest BCUT2D eigenvalue weighted by Gasteiger charge is -2.30. The zero-order valence-corrected chi connectivity index (χ0v) is 19.1. The first-order chi connectivity index (χ1) is 15.6. The minimum atomic E-state index is -0.229. The van der Waals surface area contributed by atoms with Crippen LogP contribution in [-0.2, 0) is 15.9 Å². The SMILES string of the molecule is COC(Cc1nc(N2CCCC2)cc(N2CCOCC2)n1)C1N=C2C(C)=NC=C(C)N2N1. The lowest BCUT2D eigenvalue weighted by Crippen LogP contribution is -2.47. The third kappa shape index (κ3) is 4.22. The molecule has 172 valence electrons. The number of anilines is 2. The van der Waals surface area contributed by atoms with Crippen molar-refractivity contribution in [3.63, 3.8) is 0 Å². The molecule has 2 fully saturated rings. The summed E-state index contributed by atoms with van der Waals surface area (Å²) in [4.78, 5) is 23.8. The predicted octanol–water partition coefficient (Wildman–Crippen LogP) is 1.35. The lowest BCUT2D eigenvalue weighted by molar-refractivity contribution is 0.0616. The average Bonchev–Trinajstić information content (AvgIpc) is 3.52. The number of amidine groups is 1. The zero-order valence-electron chi connectivity index (χ0n) is 19.1. The summed E-state index contributed by atoms with van der Waals surface area (Å²) < 4.78 is 11.4. The van der Waals surface area contributed by atoms with Crippen molar-refractivity contribution in [2.45, 2.75) is 45.4 Å². The molecule has 2 atom stereocenters. The number of rotatable bonds is 6. The molecular formula is C22H32N8O2. The van der Waals surface area contributed by atoms with Gasteiger partial charge in [0.2, 0.25) is 0 Å². The fourth-order valence-corrected chi connectivity index (χ4v) is 4.54. The molecular weight excluding hydrogens is 408 g/mol. The number of methoxy groups -OCH3 is 1. The summed E-state index contributed by atoms with van der Waals surface area (Å²) >= 11 is 0. The maximum atomic E-state index is 5.88. The van der Waals surface area contributed by atoms with E-state index in [-0.39, 0.29) is 12.3 Å². The van der Waals surface area contributed by atoms with Crippen molar-refractivity contribution in [1.82, 2.24) is 20.4 Å². The Morgan fingerprint density at radius 3 is 2.44 bits per heavy atom. The van der Waals surface area contributed by atoms with Crippen molar-refractivity contribution in [3.05, 3.63) is 23.8 Å². The topological polar surface area (TPSA) is 90.7 Å². The highest BCUT2D eigenvalue weighted by atomic mass is 16.5. The summed E-state index contributed by atoms with van der Waals surface area (Å²) in [6, 6.07) is 2.13. The fourth-order valence-electron chi connectivity index (χ4n) is 4.54. The number of ether oxygens (including phenoxy) is 2. The van der Waals surface area contributed by atoms with Gasteiger partial charge in [-0.2, -0.15) is 0 Å². The molecule has 0 saturated carbocycles. The lowest BCUT2D eigenvalue weighted by atomic mass is 10.2. The van der Waals surface area contributed by atoms with Gasteiger partial charge in [-0.1, -0.05) is 0 Å². The highest BCUT2D eigenvalue weighted by Crippen LogP contribution is 2.25. The normalized spacial score (nSPS) is 24.3. The molecule has 0 amide bonds. The Labute approximate surface area is 189 Å². The van der Waals surface area contributed by atoms with Crippen molar-refractivity contribution in [1.29, 1.82) is 0 Å². The third-order valence-electron chi connectivity index (χ3n) is 6.41. The first-order valence-electron chi connectivity index (χ1n) is 11.5. The number of allylic oxidation sites excluding steroid dienone is 1. The Kier molecular flexibility index (Phi) is 6.07. The molecule has 4 aliphatic rings. The van der Waals surface area contributed by atoms with Crippen molar-refractivity contribution < 1.29 is 9.47 Å². The van der Waals surface area contributed by atoms with Gasteiger partial charge in [0.05, 0.1) is 24.6 Å². The second-order valence-corrected chi connectivity index (χ2v) is 8.62. The number of nitrogens with zero attached hydrogens (tertiary/aromatic N) is 7. The van der Waals surface area contributed by atoms with Gasteiger partial charge in [-0.25, -0.2) is 20.4 Å². The van der Waals surface area contributed by atoms with E-state index in [4.69, 9.17) is 24.4 Å². The molecule has 0 aliphatic carbocycles. The van der Waals surface area contributed by atoms with E-state index in [9.17, 15) is 0 Å². The molecule has 10 heteroatoms. The van der Waals surface area contributed by atoms with Gasteiger partial charge in [-0.15, -0.1) is 0 Å². The molecule has 0 bridgehead atoms. The van der Waals surface area contributed by atoms with Gasteiger partial charge in [-0.3, -0.25) is 10.0 Å². The highest BCUT2D eigenvalue weighted by molar-refractivity contribution is 6.41. The van der Waals surface area contributed by atoms with E-state index in [1.165, 1.54) is 12.8 Å². The van der Waals surface area contributed by atoms with E-state index in [0.717, 1.165) is 74.1 Å². The Morgan fingerprint density at radius 1 is 1.09 bits per heavy atom. The Balaban J connectivity index is 1.40. The second kappa shape index (κ2) is 9.13. The number of hydrogen-bond acceptors (Lipinski definition) is 10. The number of nitrogens with one attached hydrogen (secondary N) is 1. The number of fused-ring (bicyclic) bond motifs is 1. The number of aromatic nitrogens is 2. The second-order valence-electron chi connectivity index (χ2n) is 8.62. The van der Waals surface area contributed by atoms with Crippen LogP contribution in [0.4, 0.5) is 11.6 Å². The van der Waals surface area contributed by atoms with Gasteiger partial charge in [0.15, 0.2) is 5.84 Å². The quantitative estimate of drug-likeness (QED) is 0.709. The van der Waals surface area contributed by atoms with Crippen molar-refractivity contribution in [2.24, 2.45) is 9.98 Å². The van der Waals surface area contributed by atoms with E-state index >= 15 is 0 Å². The van der Waals surface area contributed by atoms with Crippen molar-refractivity contribution in [2.75, 3.05) is 56.3 Å². The largest absolute Gasteiger partial charge is 0.378 e. The monoisotopic (exact) mass is 440 g/mol. The van der Waals surface area contributed by atoms with Crippen LogP contribution in [0.1, 0.15) is 32.5 Å². The standard InChI is InChI=1S/C22H32N8O2/c1-15-14-23-16(2)22-26-21(27-30(15)22)17(31-3)12-18-24-19(28-6-4-5-7-28)13-20(25-18)29-8-10-32-11-9-29/h13-14,17,21,27H,4-12H2,1-3H3. The molecule has 5 rings (SSSR count). The summed E-state index contributed by atoms with van der Waals surface area (Å²) in [6.07, 6.45) is 4.40. The highest BCUT2D eigenvalue weighted by Gasteiger charge is 2.35. The molecule has 5 heterocycles. The predicted molar refractivity (Wildman–Crippen MR) is 124 cm³/mol. The third-order valence-corrected chi connectivity index (χ3v) is 6.41. The maximum Gasteiger partial charge on any atom is 0.166 e. The molecule has 32 heavy (non-hydrogen) atoms. The van der Waals surface area contributed by atoms with Crippen LogP contribution in [0.15, 0.2) is 27.9 Å². The van der Waals surface area contributed by atoms with Crippen LogP contribution in [0.25, 0.3) is 0 Å². The van der Waals surface area contributed by atoms with Crippen molar-refractivity contribution in [3.8, 4) is 0 Å². The Hall–Kier alpha value is -2.56. The molecule has 1 N–H and O–H groups in total. The van der Waals surface area contributed by atoms with Crippen LogP contribution >= 0.6 is 0 Å². The zero-order chi connectivity index (χ0) is 22.1. The first-order valence-corrected chi connectivity index (χ1v) is 11.5. The molecule has 1 aromatic heterocycles. The summed E-state index contributed by atoms with van der Waals surface area (Å²) in [5.74, 6) is 3.61. The fraction of sp³-hybridized carbons (Fsp3) is 0.636. The summed E-state index contributed by atoms with van der Waals surface area (Å²) in [7, 11) is 1.72. The van der Waals surface area contributed by atoms with Crippen LogP contribution < -0.4 is 15.2 Å². The van der Waals surface area contributed by atoms with Gasteiger partial charge in [0.25, 0.3) is 0 Å². The van der Waals surface area contributed by atoms with Crippen LogP contribution in [0, 0.1) is 0 Å². The molecule has 1 aromatic rings. The van der Waals surface area contributed by atoms with E-state index < -0.39 is 0 Å². The van der Waals surface area contributed by atoms with Gasteiger partial charge < -0.3 is 19.3 Å². The summed E-state index contributed by atoms with van der Waals surface area (Å²) in [6.45, 7) is 9.23. The Bertz CT molecular complexity index is 934. The average molecular weight is 441 g/mol. The maximum absolute atomic E-state index is 5.88. The smallest absolute Gasteiger partial charge is 0.166 e. The molecule has 2 unspecified atom stereocenters. The van der Waals surface area contributed by atoms with Crippen LogP contribution in [0.2, 0.25) is 0 Å². The molecule has 0 radical (unpaired) electrons. The molecule has 2 saturated heterocycles. The van der Waals surface area contributed by atoms with E-state index in [1.54, 1.807) is 7.11 Å². The van der Waals surface area contributed by atoms with Gasteiger partial charge in [0.1, 0.15) is 29.7 Å². The van der Waals surface area contributed by atoms with Gasteiger partial charge >= 0.3 is 0 Å². The molecule has 0 aromatic carbocycles. The molecule has 10 nitrogen and oxygen atoms in total. The first kappa shape index (κ1) is 21.3. The number of morpholine rings is 1. The van der Waals surface area contributed by atoms with Crippen LogP contribution in [0.3, 0.4) is 0 Å². The van der Waals surface area contributed by atoms with Gasteiger partial charge in [0, 0.05) is 52.0 Å². The summed E-state index contributed by atoms with van der Waals surface area (Å²) in [5.41, 5.74) is 5.35. The molecule has 4 aliphatic heterocycles. The van der Waals surface area contributed by atoms with Gasteiger partial charge in [-0.05, 0) is 26.7 Å². The van der Waals surface area contributed by atoms with E-state index in [1.807, 2.05) is 25.1 Å². The Morgan fingerprint density at radius 2 is 1.78 bits per heavy atom. The number of aliphatic imine (C=N–C) groups is 2. The minimum absolute atomic E-state index is 0.208. The van der Waals surface area contributed by atoms with E-state index in [2.05, 4.69) is 26.3 Å². The number of hydrazine groups is 1. The molecule has 0 spiro atoms.